The van der Waals surface area contributed by atoms with Gasteiger partial charge in [-0.3, -0.25) is 4.90 Å². The first-order valence-electron chi connectivity index (χ1n) is 5.26. The number of carboxylic acids is 1. The summed E-state index contributed by atoms with van der Waals surface area (Å²) in [5, 5.41) is 9.24. The second-order valence-electron chi connectivity index (χ2n) is 3.66. The van der Waals surface area contributed by atoms with Crippen LogP contribution in [0.25, 0.3) is 0 Å². The molecule has 15 heavy (non-hydrogen) atoms. The summed E-state index contributed by atoms with van der Waals surface area (Å²) in [7, 11) is 0. The van der Waals surface area contributed by atoms with Crippen LogP contribution in [-0.2, 0) is 9.53 Å². The summed E-state index contributed by atoms with van der Waals surface area (Å²) >= 11 is 0. The number of carbonyl (C=O) groups is 2. The minimum atomic E-state index is -1.10. The number of rotatable bonds is 4. The van der Waals surface area contributed by atoms with Gasteiger partial charge in [-0.2, -0.15) is 0 Å². The first-order chi connectivity index (χ1) is 7.08. The molecule has 1 fully saturated rings. The third-order valence-corrected chi connectivity index (χ3v) is 3.06. The van der Waals surface area contributed by atoms with E-state index in [1.54, 1.807) is 13.8 Å². The van der Waals surface area contributed by atoms with Crippen LogP contribution in [0.1, 0.15) is 33.1 Å². The predicted molar refractivity (Wildman–Crippen MR) is 53.6 cm³/mol. The van der Waals surface area contributed by atoms with E-state index in [-0.39, 0.29) is 0 Å². The number of cyclic esters (lactones) is 1. The lowest BCUT2D eigenvalue weighted by atomic mass is 9.90. The first kappa shape index (κ1) is 11.8. The van der Waals surface area contributed by atoms with Crippen molar-refractivity contribution in [3.05, 3.63) is 0 Å². The molecule has 1 heterocycles. The molecule has 5 heteroatoms. The molecule has 0 spiro atoms. The lowest BCUT2D eigenvalue weighted by Crippen LogP contribution is -2.58. The van der Waals surface area contributed by atoms with Crippen molar-refractivity contribution in [3.8, 4) is 0 Å². The van der Waals surface area contributed by atoms with Gasteiger partial charge in [-0.05, 0) is 19.3 Å². The Bertz CT molecular complexity index is 260. The van der Waals surface area contributed by atoms with Crippen LogP contribution >= 0.6 is 0 Å². The molecule has 0 saturated carbocycles. The van der Waals surface area contributed by atoms with Crippen molar-refractivity contribution in [1.82, 2.24) is 4.90 Å². The van der Waals surface area contributed by atoms with Crippen molar-refractivity contribution in [2.24, 2.45) is 0 Å². The number of amides is 1. The Morgan fingerprint density at radius 3 is 2.53 bits per heavy atom. The van der Waals surface area contributed by atoms with E-state index in [1.165, 1.54) is 4.90 Å². The molecule has 0 bridgehead atoms. The zero-order chi connectivity index (χ0) is 11.5. The lowest BCUT2D eigenvalue weighted by Gasteiger charge is -2.40. The number of nitrogens with zero attached hydrogens (tertiary/aromatic N) is 1. The average molecular weight is 215 g/mol. The topological polar surface area (TPSA) is 66.8 Å². The van der Waals surface area contributed by atoms with Gasteiger partial charge in [0.25, 0.3) is 0 Å². The molecule has 1 saturated heterocycles. The molecule has 1 rings (SSSR count). The number of aliphatic carboxylic acids is 1. The van der Waals surface area contributed by atoms with Gasteiger partial charge in [0.05, 0.1) is 6.61 Å². The van der Waals surface area contributed by atoms with E-state index >= 15 is 0 Å². The Kier molecular flexibility index (Phi) is 3.55. The number of ether oxygens (including phenoxy) is 1. The van der Waals surface area contributed by atoms with Gasteiger partial charge < -0.3 is 9.84 Å². The summed E-state index contributed by atoms with van der Waals surface area (Å²) in [6.07, 6.45) is 0.982. The van der Waals surface area contributed by atoms with E-state index < -0.39 is 17.6 Å². The maximum atomic E-state index is 11.5. The summed E-state index contributed by atoms with van der Waals surface area (Å²) < 4.78 is 4.87. The fraction of sp³-hybridized carbons (Fsp3) is 0.800. The second-order valence-corrected chi connectivity index (χ2v) is 3.66. The monoisotopic (exact) mass is 215 g/mol. The maximum absolute atomic E-state index is 11.5. The molecule has 0 radical (unpaired) electrons. The van der Waals surface area contributed by atoms with Crippen LogP contribution in [0.4, 0.5) is 4.79 Å². The molecule has 1 aliphatic rings. The van der Waals surface area contributed by atoms with Gasteiger partial charge in [0.1, 0.15) is 5.54 Å². The van der Waals surface area contributed by atoms with E-state index in [2.05, 4.69) is 0 Å². The van der Waals surface area contributed by atoms with Gasteiger partial charge >= 0.3 is 12.1 Å². The van der Waals surface area contributed by atoms with Gasteiger partial charge in [-0.15, -0.1) is 0 Å². The number of carboxylic acid groups (broad SMARTS) is 1. The van der Waals surface area contributed by atoms with Crippen LogP contribution in [0, 0.1) is 0 Å². The zero-order valence-corrected chi connectivity index (χ0v) is 9.15. The highest BCUT2D eigenvalue weighted by Crippen LogP contribution is 2.27. The third kappa shape index (κ3) is 1.91. The minimum absolute atomic E-state index is 0.387. The SMILES string of the molecule is CCC(CC)(C(=O)O)N1CCCOC1=O. The molecule has 1 aliphatic heterocycles. The quantitative estimate of drug-likeness (QED) is 0.771. The van der Waals surface area contributed by atoms with Crippen LogP contribution in [0.15, 0.2) is 0 Å². The van der Waals surface area contributed by atoms with Gasteiger partial charge in [-0.25, -0.2) is 9.59 Å². The highest BCUT2D eigenvalue weighted by Gasteiger charge is 2.45. The summed E-state index contributed by atoms with van der Waals surface area (Å²) in [5.41, 5.74) is -1.10. The maximum Gasteiger partial charge on any atom is 0.410 e. The molecule has 5 nitrogen and oxygen atoms in total. The van der Waals surface area contributed by atoms with Crippen molar-refractivity contribution in [1.29, 1.82) is 0 Å². The molecule has 1 amide bonds. The van der Waals surface area contributed by atoms with Gasteiger partial charge in [0.2, 0.25) is 0 Å². The molecule has 86 valence electrons. The highest BCUT2D eigenvalue weighted by atomic mass is 16.6. The van der Waals surface area contributed by atoms with Crippen molar-refractivity contribution in [2.45, 2.75) is 38.6 Å². The summed E-state index contributed by atoms with van der Waals surface area (Å²) in [5.74, 6) is -0.952. The molecule has 1 N–H and O–H groups in total. The third-order valence-electron chi connectivity index (χ3n) is 3.06. The first-order valence-corrected chi connectivity index (χ1v) is 5.26. The van der Waals surface area contributed by atoms with Crippen LogP contribution in [0.2, 0.25) is 0 Å². The average Bonchev–Trinajstić information content (AvgIpc) is 2.22. The van der Waals surface area contributed by atoms with Crippen molar-refractivity contribution in [2.75, 3.05) is 13.2 Å². The van der Waals surface area contributed by atoms with Crippen LogP contribution in [0.5, 0.6) is 0 Å². The minimum Gasteiger partial charge on any atom is -0.479 e. The molecule has 0 aromatic rings. The van der Waals surface area contributed by atoms with Crippen molar-refractivity contribution < 1.29 is 19.4 Å². The smallest absolute Gasteiger partial charge is 0.410 e. The van der Waals surface area contributed by atoms with E-state index in [0.29, 0.717) is 32.4 Å². The second kappa shape index (κ2) is 4.51. The highest BCUT2D eigenvalue weighted by molar-refractivity contribution is 5.84. The van der Waals surface area contributed by atoms with Crippen LogP contribution in [-0.4, -0.2) is 40.8 Å². The van der Waals surface area contributed by atoms with Crippen LogP contribution in [0.3, 0.4) is 0 Å². The number of hydrogen-bond acceptors (Lipinski definition) is 3. The molecule has 0 aromatic heterocycles. The molecule has 0 aromatic carbocycles. The molecular formula is C10H17NO4. The fourth-order valence-corrected chi connectivity index (χ4v) is 1.99. The van der Waals surface area contributed by atoms with Gasteiger partial charge in [0.15, 0.2) is 0 Å². The summed E-state index contributed by atoms with van der Waals surface area (Å²) in [6.45, 7) is 4.41. The largest absolute Gasteiger partial charge is 0.479 e. The Hall–Kier alpha value is -1.26. The van der Waals surface area contributed by atoms with Crippen molar-refractivity contribution in [3.63, 3.8) is 0 Å². The Labute approximate surface area is 89.0 Å². The van der Waals surface area contributed by atoms with E-state index in [1.807, 2.05) is 0 Å². The molecular weight excluding hydrogens is 198 g/mol. The van der Waals surface area contributed by atoms with E-state index in [9.17, 15) is 14.7 Å². The van der Waals surface area contributed by atoms with E-state index in [4.69, 9.17) is 4.74 Å². The van der Waals surface area contributed by atoms with Gasteiger partial charge in [0, 0.05) is 6.54 Å². The molecule has 0 unspecified atom stereocenters. The standard InChI is InChI=1S/C10H17NO4/c1-3-10(4-2,8(12)13)11-6-5-7-15-9(11)14/h3-7H2,1-2H3,(H,12,13). The Morgan fingerprint density at radius 2 is 2.13 bits per heavy atom. The summed E-state index contributed by atoms with van der Waals surface area (Å²) in [6, 6.07) is 0. The Morgan fingerprint density at radius 1 is 1.53 bits per heavy atom. The molecule has 0 atom stereocenters. The Balaban J connectivity index is 2.96. The molecule has 0 aliphatic carbocycles. The number of hydrogen-bond donors (Lipinski definition) is 1. The van der Waals surface area contributed by atoms with Gasteiger partial charge in [-0.1, -0.05) is 13.8 Å². The fourth-order valence-electron chi connectivity index (χ4n) is 1.99. The lowest BCUT2D eigenvalue weighted by molar-refractivity contribution is -0.152. The zero-order valence-electron chi connectivity index (χ0n) is 9.15. The van der Waals surface area contributed by atoms with Crippen molar-refractivity contribution >= 4 is 12.1 Å². The predicted octanol–water partition coefficient (Wildman–Crippen LogP) is 1.47. The van der Waals surface area contributed by atoms with E-state index in [0.717, 1.165) is 0 Å². The van der Waals surface area contributed by atoms with Crippen LogP contribution < -0.4 is 0 Å². The summed E-state index contributed by atoms with van der Waals surface area (Å²) in [4.78, 5) is 24.1. The normalized spacial score (nSPS) is 17.5. The number of carbonyl (C=O) groups excluding carboxylic acids is 1.